The van der Waals surface area contributed by atoms with Crippen molar-refractivity contribution in [3.05, 3.63) is 59.1 Å². The van der Waals surface area contributed by atoms with Gasteiger partial charge in [0.2, 0.25) is 15.9 Å². The topological polar surface area (TPSA) is 69.7 Å². The fraction of sp³-hybridized carbons (Fsp3) is 0.500. The van der Waals surface area contributed by atoms with Crippen LogP contribution in [0.3, 0.4) is 0 Å². The van der Waals surface area contributed by atoms with Crippen LogP contribution >= 0.6 is 11.6 Å². The number of rotatable bonds is 6. The van der Waals surface area contributed by atoms with Gasteiger partial charge < -0.3 is 10.2 Å². The van der Waals surface area contributed by atoms with Gasteiger partial charge in [-0.05, 0) is 80.5 Å². The highest BCUT2D eigenvalue weighted by molar-refractivity contribution is 7.89. The average molecular weight is 504 g/mol. The molecule has 2 aliphatic heterocycles. The molecule has 2 aromatic carbocycles. The quantitative estimate of drug-likeness (QED) is 0.611. The highest BCUT2D eigenvalue weighted by Gasteiger charge is 2.33. The normalized spacial score (nSPS) is 21.3. The summed E-state index contributed by atoms with van der Waals surface area (Å²) in [4.78, 5) is 15.6. The fourth-order valence-electron chi connectivity index (χ4n) is 4.79. The molecule has 2 fully saturated rings. The second kappa shape index (κ2) is 10.7. The summed E-state index contributed by atoms with van der Waals surface area (Å²) in [5.41, 5.74) is 2.27. The highest BCUT2D eigenvalue weighted by Crippen LogP contribution is 2.27. The number of sulfonamides is 1. The summed E-state index contributed by atoms with van der Waals surface area (Å²) in [6.45, 7) is 7.06. The minimum atomic E-state index is -3.65. The van der Waals surface area contributed by atoms with Crippen molar-refractivity contribution in [2.75, 3.05) is 31.1 Å². The number of amides is 1. The van der Waals surface area contributed by atoms with Gasteiger partial charge in [0.05, 0.1) is 16.9 Å². The van der Waals surface area contributed by atoms with E-state index in [0.717, 1.165) is 24.6 Å². The lowest BCUT2D eigenvalue weighted by atomic mass is 9.97. The number of hydrogen-bond donors (Lipinski definition) is 1. The smallest absolute Gasteiger partial charge is 0.243 e. The van der Waals surface area contributed by atoms with Crippen molar-refractivity contribution >= 4 is 33.2 Å². The molecule has 1 amide bonds. The number of piperidine rings is 2. The molecule has 2 aliphatic rings. The van der Waals surface area contributed by atoms with Crippen molar-refractivity contribution in [2.45, 2.75) is 50.5 Å². The van der Waals surface area contributed by atoms with E-state index in [2.05, 4.69) is 41.4 Å². The van der Waals surface area contributed by atoms with E-state index < -0.39 is 10.0 Å². The van der Waals surface area contributed by atoms with Gasteiger partial charge in [0.1, 0.15) is 0 Å². The summed E-state index contributed by atoms with van der Waals surface area (Å²) < 4.78 is 27.5. The Morgan fingerprint density at radius 1 is 1.00 bits per heavy atom. The molecule has 4 rings (SSSR count). The van der Waals surface area contributed by atoms with Crippen LogP contribution in [-0.4, -0.2) is 44.8 Å². The lowest BCUT2D eigenvalue weighted by Gasteiger charge is -2.32. The molecule has 34 heavy (non-hydrogen) atoms. The highest BCUT2D eigenvalue weighted by atomic mass is 35.5. The van der Waals surface area contributed by atoms with Crippen LogP contribution in [0.4, 0.5) is 5.69 Å². The Hall–Kier alpha value is -2.09. The van der Waals surface area contributed by atoms with Crippen LogP contribution in [0, 0.1) is 11.8 Å². The number of carbonyl (C=O) groups is 1. The maximum absolute atomic E-state index is 13.0. The number of nitrogens with zero attached hydrogens (tertiary/aromatic N) is 2. The van der Waals surface area contributed by atoms with Crippen molar-refractivity contribution in [1.82, 2.24) is 9.62 Å². The molecule has 0 radical (unpaired) electrons. The van der Waals surface area contributed by atoms with E-state index in [1.54, 1.807) is 12.1 Å². The molecule has 184 valence electrons. The summed E-state index contributed by atoms with van der Waals surface area (Å²) in [6.07, 6.45) is 3.78. The molecule has 0 aliphatic carbocycles. The number of hydrogen-bond acceptors (Lipinski definition) is 4. The standard InChI is InChI=1S/C26H34ClN3O3S/c1-19-13-16-29(17-14-19)24-9-5-21(6-10-24)20(2)28-26(31)22-4-3-15-30(18-22)34(32,33)25-11-7-23(27)8-12-25/h5-12,19-20,22H,3-4,13-18H2,1-2H3,(H,28,31)/t20-,22-/m1/s1. The number of carbonyl (C=O) groups excluding carboxylic acids is 1. The number of benzene rings is 2. The van der Waals surface area contributed by atoms with Crippen molar-refractivity contribution in [3.8, 4) is 0 Å². The van der Waals surface area contributed by atoms with Crippen LogP contribution in [-0.2, 0) is 14.8 Å². The number of nitrogens with one attached hydrogen (secondary N) is 1. The molecule has 1 N–H and O–H groups in total. The maximum atomic E-state index is 13.0. The van der Waals surface area contributed by atoms with Crippen LogP contribution in [0.15, 0.2) is 53.4 Å². The molecule has 6 nitrogen and oxygen atoms in total. The molecule has 8 heteroatoms. The molecule has 0 spiro atoms. The van der Waals surface area contributed by atoms with Crippen LogP contribution < -0.4 is 10.2 Å². The largest absolute Gasteiger partial charge is 0.372 e. The summed E-state index contributed by atoms with van der Waals surface area (Å²) in [7, 11) is -3.65. The molecular weight excluding hydrogens is 470 g/mol. The Morgan fingerprint density at radius 2 is 1.65 bits per heavy atom. The molecule has 2 saturated heterocycles. The van der Waals surface area contributed by atoms with E-state index in [-0.39, 0.29) is 29.3 Å². The summed E-state index contributed by atoms with van der Waals surface area (Å²) >= 11 is 5.90. The van der Waals surface area contributed by atoms with E-state index in [9.17, 15) is 13.2 Å². The zero-order chi connectivity index (χ0) is 24.3. The Labute approximate surface area is 208 Å². The third-order valence-electron chi connectivity index (χ3n) is 7.11. The summed E-state index contributed by atoms with van der Waals surface area (Å²) in [5, 5.41) is 3.59. The second-order valence-corrected chi connectivity index (χ2v) is 12.0. The maximum Gasteiger partial charge on any atom is 0.243 e. The SMILES string of the molecule is CC1CCN(c2ccc([C@@H](C)NC(=O)[C@@H]3CCCN(S(=O)(=O)c4ccc(Cl)cc4)C3)cc2)CC1. The predicted molar refractivity (Wildman–Crippen MR) is 137 cm³/mol. The van der Waals surface area contributed by atoms with Gasteiger partial charge in [-0.15, -0.1) is 0 Å². The van der Waals surface area contributed by atoms with Gasteiger partial charge in [0.25, 0.3) is 0 Å². The van der Waals surface area contributed by atoms with Gasteiger partial charge in [-0.2, -0.15) is 4.31 Å². The average Bonchev–Trinajstić information content (AvgIpc) is 2.85. The lowest BCUT2D eigenvalue weighted by Crippen LogP contribution is -2.45. The van der Waals surface area contributed by atoms with Gasteiger partial charge in [0.15, 0.2) is 0 Å². The van der Waals surface area contributed by atoms with Crippen LogP contribution in [0.5, 0.6) is 0 Å². The van der Waals surface area contributed by atoms with Gasteiger partial charge >= 0.3 is 0 Å². The zero-order valence-corrected chi connectivity index (χ0v) is 21.5. The van der Waals surface area contributed by atoms with Gasteiger partial charge in [0, 0.05) is 36.9 Å². The third kappa shape index (κ3) is 5.75. The van der Waals surface area contributed by atoms with Crippen LogP contribution in [0.2, 0.25) is 5.02 Å². The number of anilines is 1. The molecular formula is C26H34ClN3O3S. The van der Waals surface area contributed by atoms with Gasteiger partial charge in [-0.1, -0.05) is 30.7 Å². The van der Waals surface area contributed by atoms with E-state index in [4.69, 9.17) is 11.6 Å². The summed E-state index contributed by atoms with van der Waals surface area (Å²) in [5.74, 6) is 0.327. The van der Waals surface area contributed by atoms with Gasteiger partial charge in [-0.3, -0.25) is 4.79 Å². The van der Waals surface area contributed by atoms with Crippen LogP contribution in [0.25, 0.3) is 0 Å². The van der Waals surface area contributed by atoms with Crippen molar-refractivity contribution in [2.24, 2.45) is 11.8 Å². The minimum absolute atomic E-state index is 0.0994. The first kappa shape index (κ1) is 25.0. The molecule has 0 aromatic heterocycles. The first-order chi connectivity index (χ1) is 16.2. The van der Waals surface area contributed by atoms with E-state index in [1.165, 1.54) is 35.0 Å². The van der Waals surface area contributed by atoms with E-state index in [0.29, 0.717) is 24.4 Å². The van der Waals surface area contributed by atoms with E-state index >= 15 is 0 Å². The zero-order valence-electron chi connectivity index (χ0n) is 19.9. The molecule has 2 atom stereocenters. The van der Waals surface area contributed by atoms with Crippen molar-refractivity contribution in [1.29, 1.82) is 0 Å². The molecule has 0 bridgehead atoms. The Bertz CT molecular complexity index is 1080. The second-order valence-electron chi connectivity index (χ2n) is 9.65. The first-order valence-corrected chi connectivity index (χ1v) is 14.0. The fourth-order valence-corrected chi connectivity index (χ4v) is 6.44. The predicted octanol–water partition coefficient (Wildman–Crippen LogP) is 4.85. The molecule has 0 unspecified atom stereocenters. The van der Waals surface area contributed by atoms with Gasteiger partial charge in [-0.25, -0.2) is 8.42 Å². The Kier molecular flexibility index (Phi) is 7.85. The molecule has 2 heterocycles. The lowest BCUT2D eigenvalue weighted by molar-refractivity contribution is -0.126. The monoisotopic (exact) mass is 503 g/mol. The third-order valence-corrected chi connectivity index (χ3v) is 9.24. The van der Waals surface area contributed by atoms with E-state index in [1.807, 2.05) is 6.92 Å². The summed E-state index contributed by atoms with van der Waals surface area (Å²) in [6, 6.07) is 14.4. The van der Waals surface area contributed by atoms with Crippen LogP contribution in [0.1, 0.15) is 51.1 Å². The first-order valence-electron chi connectivity index (χ1n) is 12.1. The van der Waals surface area contributed by atoms with Crippen molar-refractivity contribution < 1.29 is 13.2 Å². The number of halogens is 1. The Balaban J connectivity index is 1.36. The minimum Gasteiger partial charge on any atom is -0.372 e. The molecule has 2 aromatic rings. The Morgan fingerprint density at radius 3 is 2.29 bits per heavy atom. The van der Waals surface area contributed by atoms with Crippen molar-refractivity contribution in [3.63, 3.8) is 0 Å². The molecule has 0 saturated carbocycles.